The smallest absolute Gasteiger partial charge is 0.127 e. The van der Waals surface area contributed by atoms with Crippen molar-refractivity contribution in [2.45, 2.75) is 71.1 Å². The number of hydrogen-bond acceptors (Lipinski definition) is 2. The van der Waals surface area contributed by atoms with E-state index < -0.39 is 0 Å². The standard InChI is InChI=1S/C16H28O2/c1-2-3-4-5-6-7-8-9-10-11-12-16(15-18)13-14-17/h11-12,14-16H,2-10,13H2,1H3/b12-11+. The highest BCUT2D eigenvalue weighted by atomic mass is 16.1. The van der Waals surface area contributed by atoms with Crippen LogP contribution in [-0.4, -0.2) is 12.6 Å². The number of carbonyl (C=O) groups is 2. The fraction of sp³-hybridized carbons (Fsp3) is 0.750. The third-order valence-corrected chi connectivity index (χ3v) is 3.15. The molecule has 1 unspecified atom stereocenters. The van der Waals surface area contributed by atoms with E-state index in [4.69, 9.17) is 0 Å². The molecular formula is C16H28O2. The van der Waals surface area contributed by atoms with Crippen LogP contribution in [0.2, 0.25) is 0 Å². The van der Waals surface area contributed by atoms with Gasteiger partial charge in [-0.15, -0.1) is 0 Å². The summed E-state index contributed by atoms with van der Waals surface area (Å²) in [5, 5.41) is 0. The lowest BCUT2D eigenvalue weighted by molar-refractivity contribution is -0.114. The van der Waals surface area contributed by atoms with Crippen LogP contribution in [0.3, 0.4) is 0 Å². The maximum atomic E-state index is 10.6. The Kier molecular flexibility index (Phi) is 13.4. The predicted molar refractivity (Wildman–Crippen MR) is 76.6 cm³/mol. The van der Waals surface area contributed by atoms with E-state index in [1.165, 1.54) is 51.4 Å². The van der Waals surface area contributed by atoms with Crippen LogP contribution in [0, 0.1) is 5.92 Å². The second kappa shape index (κ2) is 14.1. The molecule has 0 saturated carbocycles. The van der Waals surface area contributed by atoms with Crippen molar-refractivity contribution in [3.8, 4) is 0 Å². The van der Waals surface area contributed by atoms with E-state index in [1.807, 2.05) is 12.2 Å². The van der Waals surface area contributed by atoms with Crippen molar-refractivity contribution < 1.29 is 9.59 Å². The number of unbranched alkanes of at least 4 members (excludes halogenated alkanes) is 8. The van der Waals surface area contributed by atoms with Crippen LogP contribution < -0.4 is 0 Å². The molecule has 0 spiro atoms. The number of aldehydes is 2. The maximum absolute atomic E-state index is 10.6. The van der Waals surface area contributed by atoms with Gasteiger partial charge in [0.2, 0.25) is 0 Å². The highest BCUT2D eigenvalue weighted by Gasteiger charge is 1.99. The van der Waals surface area contributed by atoms with E-state index in [0.717, 1.165) is 19.0 Å². The second-order valence-corrected chi connectivity index (χ2v) is 4.89. The summed E-state index contributed by atoms with van der Waals surface area (Å²) < 4.78 is 0. The van der Waals surface area contributed by atoms with Crippen LogP contribution in [-0.2, 0) is 9.59 Å². The predicted octanol–water partition coefficient (Wildman–Crippen LogP) is 4.48. The van der Waals surface area contributed by atoms with Crippen LogP contribution >= 0.6 is 0 Å². The minimum absolute atomic E-state index is 0.212. The Bertz CT molecular complexity index is 221. The molecule has 0 N–H and O–H groups in total. The normalized spacial score (nSPS) is 12.7. The first-order chi connectivity index (χ1) is 8.85. The Balaban J connectivity index is 3.30. The van der Waals surface area contributed by atoms with Gasteiger partial charge in [-0.1, -0.05) is 64.0 Å². The third kappa shape index (κ3) is 11.6. The van der Waals surface area contributed by atoms with Gasteiger partial charge in [-0.2, -0.15) is 0 Å². The number of rotatable bonds is 13. The second-order valence-electron chi connectivity index (χ2n) is 4.89. The van der Waals surface area contributed by atoms with Gasteiger partial charge in [0.25, 0.3) is 0 Å². The number of allylic oxidation sites excluding steroid dienone is 2. The third-order valence-electron chi connectivity index (χ3n) is 3.15. The van der Waals surface area contributed by atoms with Gasteiger partial charge < -0.3 is 9.59 Å². The van der Waals surface area contributed by atoms with Crippen LogP contribution in [0.5, 0.6) is 0 Å². The van der Waals surface area contributed by atoms with E-state index in [9.17, 15) is 9.59 Å². The molecule has 2 heteroatoms. The zero-order valence-electron chi connectivity index (χ0n) is 11.8. The zero-order chi connectivity index (χ0) is 13.5. The summed E-state index contributed by atoms with van der Waals surface area (Å²) in [6.07, 6.45) is 17.5. The van der Waals surface area contributed by atoms with Crippen molar-refractivity contribution in [3.63, 3.8) is 0 Å². The first-order valence-corrected chi connectivity index (χ1v) is 7.40. The molecule has 0 aromatic carbocycles. The molecule has 0 saturated heterocycles. The van der Waals surface area contributed by atoms with Gasteiger partial charge in [-0.3, -0.25) is 0 Å². The average molecular weight is 252 g/mol. The van der Waals surface area contributed by atoms with E-state index in [2.05, 4.69) is 6.92 Å². The molecule has 0 aliphatic carbocycles. The van der Waals surface area contributed by atoms with Crippen molar-refractivity contribution in [2.24, 2.45) is 5.92 Å². The zero-order valence-corrected chi connectivity index (χ0v) is 11.8. The molecular weight excluding hydrogens is 224 g/mol. The Hall–Kier alpha value is -0.920. The van der Waals surface area contributed by atoms with Crippen LogP contribution in [0.15, 0.2) is 12.2 Å². The van der Waals surface area contributed by atoms with Gasteiger partial charge in [-0.25, -0.2) is 0 Å². The molecule has 0 amide bonds. The maximum Gasteiger partial charge on any atom is 0.127 e. The summed E-state index contributed by atoms with van der Waals surface area (Å²) in [6.45, 7) is 2.24. The minimum atomic E-state index is -0.212. The molecule has 0 fully saturated rings. The monoisotopic (exact) mass is 252 g/mol. The summed E-state index contributed by atoms with van der Waals surface area (Å²) >= 11 is 0. The molecule has 104 valence electrons. The number of carbonyl (C=O) groups excluding carboxylic acids is 2. The Labute approximate surface area is 112 Å². The minimum Gasteiger partial charge on any atom is -0.303 e. The summed E-state index contributed by atoms with van der Waals surface area (Å²) in [4.78, 5) is 20.8. The Morgan fingerprint density at radius 2 is 1.50 bits per heavy atom. The van der Waals surface area contributed by atoms with Crippen molar-refractivity contribution in [2.75, 3.05) is 0 Å². The summed E-state index contributed by atoms with van der Waals surface area (Å²) in [5.41, 5.74) is 0. The molecule has 0 heterocycles. The molecule has 0 bridgehead atoms. The molecule has 0 radical (unpaired) electrons. The van der Waals surface area contributed by atoms with Crippen molar-refractivity contribution >= 4 is 12.6 Å². The Morgan fingerprint density at radius 1 is 0.889 bits per heavy atom. The van der Waals surface area contributed by atoms with Crippen molar-refractivity contribution in [1.82, 2.24) is 0 Å². The van der Waals surface area contributed by atoms with Gasteiger partial charge in [-0.05, 0) is 12.8 Å². The fourth-order valence-electron chi connectivity index (χ4n) is 1.96. The molecule has 0 rings (SSSR count). The molecule has 0 aliphatic rings. The lowest BCUT2D eigenvalue weighted by atomic mass is 10.1. The molecule has 0 aliphatic heterocycles. The van der Waals surface area contributed by atoms with Crippen LogP contribution in [0.1, 0.15) is 71.1 Å². The highest BCUT2D eigenvalue weighted by Crippen LogP contribution is 2.10. The van der Waals surface area contributed by atoms with Crippen LogP contribution in [0.25, 0.3) is 0 Å². The average Bonchev–Trinajstić information content (AvgIpc) is 2.39. The van der Waals surface area contributed by atoms with Gasteiger partial charge in [0.05, 0.1) is 0 Å². The van der Waals surface area contributed by atoms with Gasteiger partial charge in [0, 0.05) is 12.3 Å². The van der Waals surface area contributed by atoms with Crippen molar-refractivity contribution in [1.29, 1.82) is 0 Å². The lowest BCUT2D eigenvalue weighted by Crippen LogP contribution is -1.97. The fourth-order valence-corrected chi connectivity index (χ4v) is 1.96. The number of hydrogen-bond donors (Lipinski definition) is 0. The first kappa shape index (κ1) is 17.1. The summed E-state index contributed by atoms with van der Waals surface area (Å²) in [7, 11) is 0. The van der Waals surface area contributed by atoms with Crippen molar-refractivity contribution in [3.05, 3.63) is 12.2 Å². The Morgan fingerprint density at radius 3 is 2.06 bits per heavy atom. The van der Waals surface area contributed by atoms with Gasteiger partial charge >= 0.3 is 0 Å². The molecule has 0 aromatic rings. The topological polar surface area (TPSA) is 34.1 Å². The van der Waals surface area contributed by atoms with Crippen LogP contribution in [0.4, 0.5) is 0 Å². The van der Waals surface area contributed by atoms with Gasteiger partial charge in [0.15, 0.2) is 0 Å². The van der Waals surface area contributed by atoms with E-state index in [0.29, 0.717) is 6.42 Å². The van der Waals surface area contributed by atoms with E-state index >= 15 is 0 Å². The first-order valence-electron chi connectivity index (χ1n) is 7.40. The largest absolute Gasteiger partial charge is 0.303 e. The lowest BCUT2D eigenvalue weighted by Gasteiger charge is -2.00. The quantitative estimate of drug-likeness (QED) is 0.275. The molecule has 18 heavy (non-hydrogen) atoms. The van der Waals surface area contributed by atoms with E-state index in [-0.39, 0.29) is 5.92 Å². The summed E-state index contributed by atoms with van der Waals surface area (Å²) in [6, 6.07) is 0. The molecule has 2 nitrogen and oxygen atoms in total. The molecule has 1 atom stereocenters. The molecule has 0 aromatic heterocycles. The van der Waals surface area contributed by atoms with Gasteiger partial charge in [0.1, 0.15) is 12.6 Å². The highest BCUT2D eigenvalue weighted by molar-refractivity contribution is 5.64. The van der Waals surface area contributed by atoms with E-state index in [1.54, 1.807) is 0 Å². The summed E-state index contributed by atoms with van der Waals surface area (Å²) in [5.74, 6) is -0.212. The SMILES string of the molecule is CCCCCCCCCC/C=C/C(C=O)CC=O.